The lowest BCUT2D eigenvalue weighted by atomic mass is 10.2. The van der Waals surface area contributed by atoms with Crippen LogP contribution in [0.3, 0.4) is 0 Å². The molecule has 2 nitrogen and oxygen atoms in total. The molecule has 1 amide bonds. The van der Waals surface area contributed by atoms with Crippen LogP contribution in [0.2, 0.25) is 0 Å². The number of carbonyl (C=O) groups excluding carboxylic acids is 1. The molecule has 1 aromatic carbocycles. The van der Waals surface area contributed by atoms with Crippen LogP contribution in [0.25, 0.3) is 0 Å². The molecule has 82 valence electrons. The second-order valence-corrected chi connectivity index (χ2v) is 4.03. The molecule has 0 unspecified atom stereocenters. The summed E-state index contributed by atoms with van der Waals surface area (Å²) in [4.78, 5) is 11.4. The van der Waals surface area contributed by atoms with Crippen LogP contribution in [0, 0.1) is 17.8 Å². The molecule has 1 fully saturated rings. The molecule has 2 rings (SSSR count). The Hall–Kier alpha value is -1.75. The second-order valence-electron chi connectivity index (χ2n) is 4.03. The van der Waals surface area contributed by atoms with Crippen molar-refractivity contribution in [1.29, 1.82) is 0 Å². The Kier molecular flexibility index (Phi) is 3.61. The molecule has 0 aliphatic heterocycles. The molecule has 16 heavy (non-hydrogen) atoms. The SMILES string of the molecule is O=C(CC#CC1CC1)NCc1ccccc1. The van der Waals surface area contributed by atoms with Crippen molar-refractivity contribution in [3.8, 4) is 11.8 Å². The maximum absolute atomic E-state index is 11.4. The van der Waals surface area contributed by atoms with Gasteiger partial charge in [-0.25, -0.2) is 0 Å². The van der Waals surface area contributed by atoms with Gasteiger partial charge in [0.15, 0.2) is 0 Å². The summed E-state index contributed by atoms with van der Waals surface area (Å²) in [6.45, 7) is 0.588. The molecule has 1 aliphatic carbocycles. The van der Waals surface area contributed by atoms with E-state index in [1.807, 2.05) is 30.3 Å². The molecule has 0 radical (unpaired) electrons. The number of benzene rings is 1. The molecule has 0 saturated heterocycles. The summed E-state index contributed by atoms with van der Waals surface area (Å²) in [5.74, 6) is 6.58. The van der Waals surface area contributed by atoms with E-state index in [1.54, 1.807) is 0 Å². The average molecular weight is 213 g/mol. The monoisotopic (exact) mass is 213 g/mol. The van der Waals surface area contributed by atoms with Crippen molar-refractivity contribution in [3.05, 3.63) is 35.9 Å². The van der Waals surface area contributed by atoms with E-state index in [-0.39, 0.29) is 5.91 Å². The first kappa shape index (κ1) is 10.8. The molecule has 1 aromatic rings. The largest absolute Gasteiger partial charge is 0.351 e. The number of amides is 1. The molecule has 0 bridgehead atoms. The first-order chi connectivity index (χ1) is 7.84. The summed E-state index contributed by atoms with van der Waals surface area (Å²) in [6.07, 6.45) is 2.74. The lowest BCUT2D eigenvalue weighted by Gasteiger charge is -2.02. The molecule has 1 N–H and O–H groups in total. The van der Waals surface area contributed by atoms with Gasteiger partial charge >= 0.3 is 0 Å². The first-order valence-corrected chi connectivity index (χ1v) is 5.63. The average Bonchev–Trinajstić information content (AvgIpc) is 3.12. The van der Waals surface area contributed by atoms with Crippen molar-refractivity contribution in [2.75, 3.05) is 0 Å². The quantitative estimate of drug-likeness (QED) is 0.765. The third-order valence-electron chi connectivity index (χ3n) is 2.46. The van der Waals surface area contributed by atoms with E-state index in [0.717, 1.165) is 5.56 Å². The number of hydrogen-bond donors (Lipinski definition) is 1. The highest BCUT2D eigenvalue weighted by atomic mass is 16.1. The van der Waals surface area contributed by atoms with Gasteiger partial charge in [-0.05, 0) is 18.4 Å². The fourth-order valence-corrected chi connectivity index (χ4v) is 1.36. The van der Waals surface area contributed by atoms with Gasteiger partial charge in [-0.3, -0.25) is 4.79 Å². The Morgan fingerprint density at radius 3 is 2.75 bits per heavy atom. The van der Waals surface area contributed by atoms with Gasteiger partial charge in [0.25, 0.3) is 0 Å². The Labute approximate surface area is 96.1 Å². The van der Waals surface area contributed by atoms with Crippen LogP contribution in [0.5, 0.6) is 0 Å². The van der Waals surface area contributed by atoms with E-state index in [4.69, 9.17) is 0 Å². The Bertz CT molecular complexity index is 409. The normalized spacial score (nSPS) is 13.8. The molecule has 0 heterocycles. The van der Waals surface area contributed by atoms with Gasteiger partial charge < -0.3 is 5.32 Å². The number of hydrogen-bond acceptors (Lipinski definition) is 1. The first-order valence-electron chi connectivity index (χ1n) is 5.63. The highest BCUT2D eigenvalue weighted by Crippen LogP contribution is 2.27. The molecular formula is C14H15NO. The highest BCUT2D eigenvalue weighted by Gasteiger charge is 2.17. The van der Waals surface area contributed by atoms with Crippen molar-refractivity contribution in [3.63, 3.8) is 0 Å². The van der Waals surface area contributed by atoms with E-state index in [2.05, 4.69) is 17.2 Å². The molecular weight excluding hydrogens is 198 g/mol. The van der Waals surface area contributed by atoms with E-state index >= 15 is 0 Å². The van der Waals surface area contributed by atoms with E-state index in [9.17, 15) is 4.79 Å². The van der Waals surface area contributed by atoms with Crippen LogP contribution in [0.4, 0.5) is 0 Å². The van der Waals surface area contributed by atoms with Gasteiger partial charge in [-0.2, -0.15) is 0 Å². The molecule has 1 aliphatic rings. The molecule has 0 atom stereocenters. The third kappa shape index (κ3) is 3.78. The van der Waals surface area contributed by atoms with Gasteiger partial charge in [0.2, 0.25) is 5.91 Å². The number of carbonyl (C=O) groups is 1. The predicted octanol–water partition coefficient (Wildman–Crippen LogP) is 2.11. The smallest absolute Gasteiger partial charge is 0.232 e. The van der Waals surface area contributed by atoms with Crippen molar-refractivity contribution in [1.82, 2.24) is 5.32 Å². The summed E-state index contributed by atoms with van der Waals surface area (Å²) in [6, 6.07) is 9.89. The Balaban J connectivity index is 1.69. The third-order valence-corrected chi connectivity index (χ3v) is 2.46. The zero-order valence-electron chi connectivity index (χ0n) is 9.20. The van der Waals surface area contributed by atoms with E-state index in [1.165, 1.54) is 12.8 Å². The topological polar surface area (TPSA) is 29.1 Å². The summed E-state index contributed by atoms with van der Waals surface area (Å²) < 4.78 is 0. The Morgan fingerprint density at radius 2 is 2.06 bits per heavy atom. The van der Waals surface area contributed by atoms with Crippen molar-refractivity contribution in [2.24, 2.45) is 5.92 Å². The lowest BCUT2D eigenvalue weighted by molar-refractivity contribution is -0.120. The van der Waals surface area contributed by atoms with Crippen LogP contribution in [0.15, 0.2) is 30.3 Å². The van der Waals surface area contributed by atoms with Gasteiger partial charge in [0.1, 0.15) is 0 Å². The van der Waals surface area contributed by atoms with Crippen LogP contribution in [0.1, 0.15) is 24.8 Å². The minimum absolute atomic E-state index is 0.0111. The predicted molar refractivity (Wildman–Crippen MR) is 63.4 cm³/mol. The van der Waals surface area contributed by atoms with Gasteiger partial charge in [-0.1, -0.05) is 42.2 Å². The summed E-state index contributed by atoms with van der Waals surface area (Å²) in [5.41, 5.74) is 1.12. The van der Waals surface area contributed by atoms with Gasteiger partial charge in [-0.15, -0.1) is 0 Å². The summed E-state index contributed by atoms with van der Waals surface area (Å²) in [5, 5.41) is 2.85. The highest BCUT2D eigenvalue weighted by molar-refractivity contribution is 5.78. The fourth-order valence-electron chi connectivity index (χ4n) is 1.36. The van der Waals surface area contributed by atoms with E-state index < -0.39 is 0 Å². The van der Waals surface area contributed by atoms with Gasteiger partial charge in [0.05, 0.1) is 6.42 Å². The lowest BCUT2D eigenvalue weighted by Crippen LogP contribution is -2.21. The molecule has 1 saturated carbocycles. The zero-order valence-corrected chi connectivity index (χ0v) is 9.20. The van der Waals surface area contributed by atoms with Crippen molar-refractivity contribution >= 4 is 5.91 Å². The number of rotatable bonds is 3. The van der Waals surface area contributed by atoms with E-state index in [0.29, 0.717) is 18.9 Å². The maximum Gasteiger partial charge on any atom is 0.232 e. The van der Waals surface area contributed by atoms with Crippen molar-refractivity contribution < 1.29 is 4.79 Å². The van der Waals surface area contributed by atoms with Gasteiger partial charge in [0, 0.05) is 12.5 Å². The Morgan fingerprint density at radius 1 is 1.31 bits per heavy atom. The maximum atomic E-state index is 11.4. The van der Waals surface area contributed by atoms with Crippen molar-refractivity contribution in [2.45, 2.75) is 25.8 Å². The minimum Gasteiger partial charge on any atom is -0.351 e. The second kappa shape index (κ2) is 5.37. The molecule has 0 spiro atoms. The zero-order chi connectivity index (χ0) is 11.2. The number of nitrogens with one attached hydrogen (secondary N) is 1. The van der Waals surface area contributed by atoms with Crippen LogP contribution in [-0.4, -0.2) is 5.91 Å². The van der Waals surface area contributed by atoms with Crippen LogP contribution >= 0.6 is 0 Å². The van der Waals surface area contributed by atoms with Crippen LogP contribution in [-0.2, 0) is 11.3 Å². The summed E-state index contributed by atoms with van der Waals surface area (Å²) in [7, 11) is 0. The molecule has 2 heteroatoms. The minimum atomic E-state index is 0.0111. The molecule has 0 aromatic heterocycles. The summed E-state index contributed by atoms with van der Waals surface area (Å²) >= 11 is 0. The van der Waals surface area contributed by atoms with Crippen LogP contribution < -0.4 is 5.32 Å². The standard InChI is InChI=1S/C14H15NO/c16-14(8-4-7-12-9-10-12)15-11-13-5-2-1-3-6-13/h1-3,5-6,12H,8-11H2,(H,15,16). The fraction of sp³-hybridized carbons (Fsp3) is 0.357.